The van der Waals surface area contributed by atoms with Crippen molar-refractivity contribution in [2.24, 2.45) is 10.2 Å². The van der Waals surface area contributed by atoms with Gasteiger partial charge in [-0.25, -0.2) is 0 Å². The number of ketones is 1. The number of rotatable bonds is 4. The van der Waals surface area contributed by atoms with Gasteiger partial charge in [0.25, 0.3) is 0 Å². The predicted octanol–water partition coefficient (Wildman–Crippen LogP) is 4.14. The van der Waals surface area contributed by atoms with Gasteiger partial charge in [0.15, 0.2) is 11.5 Å². The van der Waals surface area contributed by atoms with Crippen molar-refractivity contribution >= 4 is 17.2 Å². The van der Waals surface area contributed by atoms with Gasteiger partial charge in [0, 0.05) is 25.7 Å². The lowest BCUT2D eigenvalue weighted by Crippen LogP contribution is -2.29. The minimum Gasteiger partial charge on any atom is -0.510 e. The van der Waals surface area contributed by atoms with Crippen molar-refractivity contribution in [3.8, 4) is 0 Å². The molecule has 5 heteroatoms. The minimum absolute atomic E-state index is 0.00453. The smallest absolute Gasteiger partial charge is 0.183 e. The Morgan fingerprint density at radius 1 is 1.10 bits per heavy atom. The lowest BCUT2D eigenvalue weighted by atomic mass is 10.1. The molecule has 1 aromatic carbocycles. The summed E-state index contributed by atoms with van der Waals surface area (Å²) in [6.45, 7) is 4.98. The van der Waals surface area contributed by atoms with E-state index in [-0.39, 0.29) is 17.2 Å². The molecular formula is C16H21N3O2. The van der Waals surface area contributed by atoms with Crippen molar-refractivity contribution in [1.29, 1.82) is 0 Å². The fourth-order valence-corrected chi connectivity index (χ4v) is 2.39. The summed E-state index contributed by atoms with van der Waals surface area (Å²) in [5.74, 6) is -0.417. The number of benzene rings is 1. The topological polar surface area (TPSA) is 65.3 Å². The first-order valence-electron chi connectivity index (χ1n) is 7.25. The third-order valence-corrected chi connectivity index (χ3v) is 3.51. The molecule has 0 radical (unpaired) electrons. The SMILES string of the molecule is CC(=O)/C(N=Nc1ccc(N2CCCCC2)cc1)=C(/C)O. The first-order valence-corrected chi connectivity index (χ1v) is 7.25. The van der Waals surface area contributed by atoms with Crippen LogP contribution in [-0.2, 0) is 4.79 Å². The van der Waals surface area contributed by atoms with Crippen molar-refractivity contribution in [3.05, 3.63) is 35.7 Å². The lowest BCUT2D eigenvalue weighted by molar-refractivity contribution is -0.113. The van der Waals surface area contributed by atoms with Gasteiger partial charge in [-0.05, 0) is 50.5 Å². The highest BCUT2D eigenvalue weighted by Crippen LogP contribution is 2.23. The summed E-state index contributed by atoms with van der Waals surface area (Å²) in [6, 6.07) is 7.78. The number of nitrogens with zero attached hydrogens (tertiary/aromatic N) is 3. The van der Waals surface area contributed by atoms with Crippen LogP contribution in [0.3, 0.4) is 0 Å². The summed E-state index contributed by atoms with van der Waals surface area (Å²) in [4.78, 5) is 13.7. The monoisotopic (exact) mass is 287 g/mol. The highest BCUT2D eigenvalue weighted by Gasteiger charge is 2.10. The molecule has 21 heavy (non-hydrogen) atoms. The van der Waals surface area contributed by atoms with E-state index in [9.17, 15) is 9.90 Å². The van der Waals surface area contributed by atoms with Crippen LogP contribution >= 0.6 is 0 Å². The number of aliphatic hydroxyl groups excluding tert-OH is 1. The molecular weight excluding hydrogens is 266 g/mol. The summed E-state index contributed by atoms with van der Waals surface area (Å²) in [7, 11) is 0. The van der Waals surface area contributed by atoms with E-state index in [1.54, 1.807) is 0 Å². The fraction of sp³-hybridized carbons (Fsp3) is 0.438. The molecule has 0 atom stereocenters. The molecule has 1 saturated heterocycles. The average molecular weight is 287 g/mol. The summed E-state index contributed by atoms with van der Waals surface area (Å²) in [5.41, 5.74) is 1.85. The zero-order chi connectivity index (χ0) is 15.2. The molecule has 1 fully saturated rings. The van der Waals surface area contributed by atoms with Crippen molar-refractivity contribution < 1.29 is 9.90 Å². The minimum atomic E-state index is -0.302. The highest BCUT2D eigenvalue weighted by atomic mass is 16.3. The first-order chi connectivity index (χ1) is 10.1. The molecule has 5 nitrogen and oxygen atoms in total. The maximum Gasteiger partial charge on any atom is 0.183 e. The number of Topliss-reactive ketones (excluding diaryl/α,β-unsaturated/α-hetero) is 1. The molecule has 112 valence electrons. The number of piperidine rings is 1. The van der Waals surface area contributed by atoms with E-state index in [1.807, 2.05) is 24.3 Å². The van der Waals surface area contributed by atoms with E-state index in [4.69, 9.17) is 0 Å². The van der Waals surface area contributed by atoms with Gasteiger partial charge < -0.3 is 10.0 Å². The van der Waals surface area contributed by atoms with Gasteiger partial charge in [-0.3, -0.25) is 4.79 Å². The second-order valence-corrected chi connectivity index (χ2v) is 5.25. The summed E-state index contributed by atoms with van der Waals surface area (Å²) >= 11 is 0. The first kappa shape index (κ1) is 15.2. The van der Waals surface area contributed by atoms with Crippen molar-refractivity contribution in [2.75, 3.05) is 18.0 Å². The molecule has 0 aliphatic carbocycles. The molecule has 2 rings (SSSR count). The van der Waals surface area contributed by atoms with Crippen LogP contribution in [-0.4, -0.2) is 24.0 Å². The summed E-state index contributed by atoms with van der Waals surface area (Å²) in [6.07, 6.45) is 3.79. The Morgan fingerprint density at radius 2 is 1.71 bits per heavy atom. The Balaban J connectivity index is 2.08. The number of hydrogen-bond donors (Lipinski definition) is 1. The van der Waals surface area contributed by atoms with Crippen LogP contribution in [0.25, 0.3) is 0 Å². The second-order valence-electron chi connectivity index (χ2n) is 5.25. The standard InChI is InChI=1S/C16H21N3O2/c1-12(20)16(13(2)21)18-17-14-6-8-15(9-7-14)19-10-4-3-5-11-19/h6-9,20H,3-5,10-11H2,1-2H3/b16-12+,18-17?. The molecule has 0 spiro atoms. The van der Waals surface area contributed by atoms with E-state index in [0.29, 0.717) is 5.69 Å². The van der Waals surface area contributed by atoms with E-state index in [2.05, 4.69) is 15.1 Å². The van der Waals surface area contributed by atoms with Crippen molar-refractivity contribution in [2.45, 2.75) is 33.1 Å². The Morgan fingerprint density at radius 3 is 2.24 bits per heavy atom. The number of aliphatic hydroxyl groups is 1. The molecule has 0 amide bonds. The van der Waals surface area contributed by atoms with Crippen LogP contribution in [0.2, 0.25) is 0 Å². The zero-order valence-corrected chi connectivity index (χ0v) is 12.5. The van der Waals surface area contributed by atoms with Crippen LogP contribution in [0.15, 0.2) is 46.0 Å². The predicted molar refractivity (Wildman–Crippen MR) is 83.0 cm³/mol. The van der Waals surface area contributed by atoms with Gasteiger partial charge in [-0.15, -0.1) is 5.11 Å². The van der Waals surface area contributed by atoms with Gasteiger partial charge in [0.2, 0.25) is 0 Å². The molecule has 0 saturated carbocycles. The van der Waals surface area contributed by atoms with Crippen LogP contribution in [0, 0.1) is 0 Å². The highest BCUT2D eigenvalue weighted by molar-refractivity contribution is 5.93. The molecule has 1 aliphatic heterocycles. The van der Waals surface area contributed by atoms with E-state index < -0.39 is 0 Å². The van der Waals surface area contributed by atoms with Crippen LogP contribution in [0.1, 0.15) is 33.1 Å². The number of azo groups is 1. The third-order valence-electron chi connectivity index (χ3n) is 3.51. The number of carbonyl (C=O) groups excluding carboxylic acids is 1. The summed E-state index contributed by atoms with van der Waals surface area (Å²) in [5, 5.41) is 17.2. The van der Waals surface area contributed by atoms with Crippen molar-refractivity contribution in [3.63, 3.8) is 0 Å². The van der Waals surface area contributed by atoms with Crippen molar-refractivity contribution in [1.82, 2.24) is 0 Å². The maximum atomic E-state index is 11.3. The van der Waals surface area contributed by atoms with Crippen LogP contribution in [0.4, 0.5) is 11.4 Å². The van der Waals surface area contributed by atoms with E-state index in [0.717, 1.165) is 13.1 Å². The molecule has 1 aromatic rings. The number of hydrogen-bond acceptors (Lipinski definition) is 5. The second kappa shape index (κ2) is 7.02. The molecule has 1 aliphatic rings. The van der Waals surface area contributed by atoms with E-state index in [1.165, 1.54) is 38.8 Å². The van der Waals surface area contributed by atoms with Gasteiger partial charge in [-0.1, -0.05) is 0 Å². The normalized spacial score (nSPS) is 17.0. The van der Waals surface area contributed by atoms with Crippen LogP contribution < -0.4 is 4.90 Å². The fourth-order valence-electron chi connectivity index (χ4n) is 2.39. The zero-order valence-electron chi connectivity index (χ0n) is 12.5. The summed E-state index contributed by atoms with van der Waals surface area (Å²) < 4.78 is 0. The Bertz CT molecular complexity index is 551. The molecule has 0 bridgehead atoms. The number of carbonyl (C=O) groups is 1. The number of allylic oxidation sites excluding steroid dienone is 2. The van der Waals surface area contributed by atoms with Gasteiger partial charge in [0.1, 0.15) is 5.76 Å². The van der Waals surface area contributed by atoms with E-state index >= 15 is 0 Å². The molecule has 1 heterocycles. The van der Waals surface area contributed by atoms with Gasteiger partial charge in [0.05, 0.1) is 5.69 Å². The van der Waals surface area contributed by atoms with Gasteiger partial charge in [-0.2, -0.15) is 5.11 Å². The Hall–Kier alpha value is -2.17. The quantitative estimate of drug-likeness (QED) is 0.514. The average Bonchev–Trinajstić information content (AvgIpc) is 2.48. The van der Waals surface area contributed by atoms with Gasteiger partial charge >= 0.3 is 0 Å². The molecule has 0 unspecified atom stereocenters. The Kier molecular flexibility index (Phi) is 5.09. The van der Waals surface area contributed by atoms with Crippen LogP contribution in [0.5, 0.6) is 0 Å². The maximum absolute atomic E-state index is 11.3. The largest absolute Gasteiger partial charge is 0.510 e. The molecule has 1 N–H and O–H groups in total. The lowest BCUT2D eigenvalue weighted by Gasteiger charge is -2.28. The molecule has 0 aromatic heterocycles. The number of anilines is 1. The Labute approximate surface area is 125 Å². The third kappa shape index (κ3) is 4.15.